The second-order valence-electron chi connectivity index (χ2n) is 4.73. The van der Waals surface area contributed by atoms with E-state index in [9.17, 15) is 19.7 Å². The lowest BCUT2D eigenvalue weighted by Gasteiger charge is -2.07. The van der Waals surface area contributed by atoms with Gasteiger partial charge in [0.05, 0.1) is 22.3 Å². The van der Waals surface area contributed by atoms with E-state index in [1.165, 1.54) is 35.4 Å². The predicted octanol–water partition coefficient (Wildman–Crippen LogP) is -0.0420. The van der Waals surface area contributed by atoms with Crippen molar-refractivity contribution in [3.63, 3.8) is 0 Å². The maximum absolute atomic E-state index is 12.0. The summed E-state index contributed by atoms with van der Waals surface area (Å²) in [5.74, 6) is 0. The van der Waals surface area contributed by atoms with Crippen molar-refractivity contribution in [2.24, 2.45) is 0 Å². The second-order valence-corrected chi connectivity index (χ2v) is 4.73. The lowest BCUT2D eigenvalue weighted by Crippen LogP contribution is -2.17. The molecule has 23 heavy (non-hydrogen) atoms. The third-order valence-corrected chi connectivity index (χ3v) is 3.44. The van der Waals surface area contributed by atoms with Gasteiger partial charge in [0.25, 0.3) is 11.2 Å². The molecule has 0 bridgehead atoms. The molecule has 0 aliphatic heterocycles. The van der Waals surface area contributed by atoms with E-state index in [1.54, 1.807) is 0 Å². The van der Waals surface area contributed by atoms with Crippen molar-refractivity contribution < 1.29 is 4.92 Å². The Morgan fingerprint density at radius 3 is 2.78 bits per heavy atom. The molecule has 0 spiro atoms. The Labute approximate surface area is 125 Å². The molecule has 2 N–H and O–H groups in total. The highest BCUT2D eigenvalue weighted by molar-refractivity contribution is 5.83. The number of benzene rings is 1. The third-order valence-electron chi connectivity index (χ3n) is 3.44. The Morgan fingerprint density at radius 2 is 2.09 bits per heavy atom. The van der Waals surface area contributed by atoms with E-state index < -0.39 is 16.2 Å². The molecule has 0 fully saturated rings. The fourth-order valence-corrected chi connectivity index (χ4v) is 2.46. The summed E-state index contributed by atoms with van der Waals surface area (Å²) in [4.78, 5) is 41.0. The number of nitrogens with one attached hydrogen (secondary N) is 2. The van der Waals surface area contributed by atoms with Crippen LogP contribution in [0, 0.1) is 10.1 Å². The molecule has 0 saturated heterocycles. The molecule has 0 aliphatic carbocycles. The zero-order valence-electron chi connectivity index (χ0n) is 11.3. The Balaban J connectivity index is 2.22. The minimum atomic E-state index is -0.652. The van der Waals surface area contributed by atoms with Crippen molar-refractivity contribution in [3.8, 4) is 5.69 Å². The monoisotopic (exact) mass is 313 g/mol. The average Bonchev–Trinajstić information content (AvgIpc) is 3.16. The first kappa shape index (κ1) is 12.9. The van der Waals surface area contributed by atoms with Crippen LogP contribution in [0.1, 0.15) is 0 Å². The van der Waals surface area contributed by atoms with Gasteiger partial charge < -0.3 is 9.55 Å². The van der Waals surface area contributed by atoms with Crippen molar-refractivity contribution in [3.05, 3.63) is 61.8 Å². The number of nitro benzene ring substituents is 1. The van der Waals surface area contributed by atoms with Crippen molar-refractivity contribution in [2.75, 3.05) is 0 Å². The summed E-state index contributed by atoms with van der Waals surface area (Å²) in [5, 5.41) is 17.1. The summed E-state index contributed by atoms with van der Waals surface area (Å²) in [6.45, 7) is 0. The number of nitro groups is 1. The van der Waals surface area contributed by atoms with Crippen LogP contribution in [0.25, 0.3) is 22.4 Å². The summed E-state index contributed by atoms with van der Waals surface area (Å²) in [7, 11) is 0. The Hall–Kier alpha value is -3.76. The van der Waals surface area contributed by atoms with E-state index in [-0.39, 0.29) is 28.1 Å². The molecule has 114 valence electrons. The van der Waals surface area contributed by atoms with Gasteiger partial charge in [0.15, 0.2) is 0 Å². The average molecular weight is 313 g/mol. The number of hydrogen-bond donors (Lipinski definition) is 2. The SMILES string of the molecule is O=c1[nH]c2cc(-n3ccnc3)c([N+](=O)[O-])cc2n2c(=O)[nH]nc12. The van der Waals surface area contributed by atoms with E-state index in [4.69, 9.17) is 0 Å². The highest BCUT2D eigenvalue weighted by Gasteiger charge is 2.20. The molecule has 4 rings (SSSR count). The van der Waals surface area contributed by atoms with Gasteiger partial charge in [0, 0.05) is 18.5 Å². The third kappa shape index (κ3) is 1.76. The zero-order chi connectivity index (χ0) is 16.1. The molecular weight excluding hydrogens is 306 g/mol. The van der Waals surface area contributed by atoms with Crippen LogP contribution < -0.4 is 11.2 Å². The standard InChI is InChI=1S/C12H7N7O4/c20-11-10-15-16-12(21)18(10)7-4-9(19(22)23)8(3-6(7)14-11)17-2-1-13-5-17/h1-5H,(H,14,20)(H,16,21). The predicted molar refractivity (Wildman–Crippen MR) is 77.7 cm³/mol. The van der Waals surface area contributed by atoms with Crippen LogP contribution in [0.4, 0.5) is 5.69 Å². The minimum Gasteiger partial charge on any atom is -0.317 e. The fourth-order valence-electron chi connectivity index (χ4n) is 2.46. The summed E-state index contributed by atoms with van der Waals surface area (Å²) in [6, 6.07) is 2.62. The molecule has 0 atom stereocenters. The first-order chi connectivity index (χ1) is 11.1. The fraction of sp³-hybridized carbons (Fsp3) is 0. The number of hydrogen-bond acceptors (Lipinski definition) is 6. The van der Waals surface area contributed by atoms with Crippen LogP contribution >= 0.6 is 0 Å². The van der Waals surface area contributed by atoms with Crippen LogP contribution in [0.3, 0.4) is 0 Å². The molecule has 0 saturated carbocycles. The molecule has 1 aromatic carbocycles. The van der Waals surface area contributed by atoms with Gasteiger partial charge in [-0.25, -0.2) is 19.3 Å². The molecular formula is C12H7N7O4. The van der Waals surface area contributed by atoms with Crippen LogP contribution in [0.5, 0.6) is 0 Å². The first-order valence-corrected chi connectivity index (χ1v) is 6.36. The van der Waals surface area contributed by atoms with E-state index in [2.05, 4.69) is 20.2 Å². The molecule has 0 unspecified atom stereocenters. The van der Waals surface area contributed by atoms with Crippen LogP contribution in [-0.4, -0.2) is 34.1 Å². The maximum Gasteiger partial charge on any atom is 0.348 e. The Kier molecular flexibility index (Phi) is 2.46. The largest absolute Gasteiger partial charge is 0.348 e. The number of H-pyrrole nitrogens is 2. The molecule has 0 amide bonds. The van der Waals surface area contributed by atoms with Crippen molar-refractivity contribution in [1.82, 2.24) is 29.1 Å². The molecule has 0 aliphatic rings. The summed E-state index contributed by atoms with van der Waals surface area (Å²) < 4.78 is 2.44. The zero-order valence-corrected chi connectivity index (χ0v) is 11.3. The Bertz CT molecular complexity index is 1180. The van der Waals surface area contributed by atoms with Gasteiger partial charge in [0.1, 0.15) is 5.69 Å². The van der Waals surface area contributed by atoms with Gasteiger partial charge in [-0.2, -0.15) is 0 Å². The van der Waals surface area contributed by atoms with E-state index >= 15 is 0 Å². The molecule has 11 heteroatoms. The number of rotatable bonds is 2. The lowest BCUT2D eigenvalue weighted by molar-refractivity contribution is -0.384. The Morgan fingerprint density at radius 1 is 1.26 bits per heavy atom. The number of aromatic amines is 2. The van der Waals surface area contributed by atoms with Gasteiger partial charge in [0.2, 0.25) is 5.65 Å². The lowest BCUT2D eigenvalue weighted by atomic mass is 10.2. The van der Waals surface area contributed by atoms with E-state index in [0.717, 1.165) is 4.40 Å². The van der Waals surface area contributed by atoms with Crippen molar-refractivity contribution >= 4 is 22.4 Å². The maximum atomic E-state index is 12.0. The molecule has 3 aromatic heterocycles. The van der Waals surface area contributed by atoms with Gasteiger partial charge >= 0.3 is 5.69 Å². The summed E-state index contributed by atoms with van der Waals surface area (Å²) in [6.07, 6.45) is 4.41. The molecule has 11 nitrogen and oxygen atoms in total. The quantitative estimate of drug-likeness (QED) is 0.392. The van der Waals surface area contributed by atoms with Crippen LogP contribution in [0.15, 0.2) is 40.4 Å². The van der Waals surface area contributed by atoms with Gasteiger partial charge in [-0.1, -0.05) is 0 Å². The molecule has 4 aromatic rings. The number of imidazole rings is 1. The summed E-state index contributed by atoms with van der Waals surface area (Å²) in [5.41, 5.74) is -0.980. The number of fused-ring (bicyclic) bond motifs is 3. The highest BCUT2D eigenvalue weighted by atomic mass is 16.6. The smallest absolute Gasteiger partial charge is 0.317 e. The topological polar surface area (TPSA) is 144 Å². The van der Waals surface area contributed by atoms with E-state index in [0.29, 0.717) is 0 Å². The highest BCUT2D eigenvalue weighted by Crippen LogP contribution is 2.27. The second kappa shape index (κ2) is 4.37. The molecule has 3 heterocycles. The van der Waals surface area contributed by atoms with E-state index in [1.807, 2.05) is 0 Å². The first-order valence-electron chi connectivity index (χ1n) is 6.36. The number of aromatic nitrogens is 6. The van der Waals surface area contributed by atoms with Crippen molar-refractivity contribution in [2.45, 2.75) is 0 Å². The minimum absolute atomic E-state index is 0.160. The normalized spacial score (nSPS) is 11.3. The summed E-state index contributed by atoms with van der Waals surface area (Å²) >= 11 is 0. The van der Waals surface area contributed by atoms with Crippen LogP contribution in [0.2, 0.25) is 0 Å². The van der Waals surface area contributed by atoms with Gasteiger partial charge in [-0.05, 0) is 6.07 Å². The van der Waals surface area contributed by atoms with Gasteiger partial charge in [-0.3, -0.25) is 14.9 Å². The van der Waals surface area contributed by atoms with Crippen molar-refractivity contribution in [1.29, 1.82) is 0 Å². The number of nitrogens with zero attached hydrogens (tertiary/aromatic N) is 5. The van der Waals surface area contributed by atoms with Gasteiger partial charge in [-0.15, -0.1) is 5.10 Å². The van der Waals surface area contributed by atoms with Crippen LogP contribution in [-0.2, 0) is 0 Å². The molecule has 0 radical (unpaired) electrons.